The van der Waals surface area contributed by atoms with Gasteiger partial charge < -0.3 is 0 Å². The standard InChI is InChI=1S/C15H19FO3S/c1-11-3-2-4-14(9-11)20(18,19)10-15(17)12-5-7-13(16)8-6-12/h5-8,11,14H,2-4,9-10H2,1H3. The number of sulfone groups is 1. The van der Waals surface area contributed by atoms with Crippen LogP contribution in [0.3, 0.4) is 0 Å². The topological polar surface area (TPSA) is 51.2 Å². The number of Topliss-reactive ketones (excluding diaryl/α,β-unsaturated/α-hetero) is 1. The number of hydrogen-bond acceptors (Lipinski definition) is 3. The summed E-state index contributed by atoms with van der Waals surface area (Å²) >= 11 is 0. The number of rotatable bonds is 4. The van der Waals surface area contributed by atoms with Crippen LogP contribution in [0.15, 0.2) is 24.3 Å². The lowest BCUT2D eigenvalue weighted by Gasteiger charge is -2.26. The summed E-state index contributed by atoms with van der Waals surface area (Å²) < 4.78 is 37.4. The van der Waals surface area contributed by atoms with E-state index >= 15 is 0 Å². The van der Waals surface area contributed by atoms with E-state index in [9.17, 15) is 17.6 Å². The molecular weight excluding hydrogens is 279 g/mol. The minimum absolute atomic E-state index is 0.249. The van der Waals surface area contributed by atoms with Crippen LogP contribution in [-0.2, 0) is 9.84 Å². The van der Waals surface area contributed by atoms with E-state index in [1.165, 1.54) is 24.3 Å². The van der Waals surface area contributed by atoms with Gasteiger partial charge in [0.25, 0.3) is 0 Å². The number of benzene rings is 1. The Labute approximate surface area is 119 Å². The number of halogens is 1. The zero-order chi connectivity index (χ0) is 14.8. The molecule has 1 saturated carbocycles. The van der Waals surface area contributed by atoms with E-state index in [0.29, 0.717) is 18.8 Å². The van der Waals surface area contributed by atoms with E-state index in [1.807, 2.05) is 6.92 Å². The molecule has 0 radical (unpaired) electrons. The Morgan fingerprint density at radius 3 is 2.50 bits per heavy atom. The minimum Gasteiger partial charge on any atom is -0.293 e. The van der Waals surface area contributed by atoms with Crippen molar-refractivity contribution in [2.75, 3.05) is 5.75 Å². The number of carbonyl (C=O) groups is 1. The van der Waals surface area contributed by atoms with Crippen LogP contribution in [0.25, 0.3) is 0 Å². The molecule has 0 bridgehead atoms. The van der Waals surface area contributed by atoms with Gasteiger partial charge >= 0.3 is 0 Å². The molecule has 110 valence electrons. The van der Waals surface area contributed by atoms with Crippen molar-refractivity contribution in [1.29, 1.82) is 0 Å². The Kier molecular flexibility index (Phi) is 4.58. The van der Waals surface area contributed by atoms with Gasteiger partial charge in [0.05, 0.1) is 5.25 Å². The highest BCUT2D eigenvalue weighted by atomic mass is 32.2. The van der Waals surface area contributed by atoms with Crippen LogP contribution in [-0.4, -0.2) is 25.2 Å². The van der Waals surface area contributed by atoms with E-state index < -0.39 is 32.4 Å². The van der Waals surface area contributed by atoms with Crippen LogP contribution in [0.4, 0.5) is 4.39 Å². The average Bonchev–Trinajstić information content (AvgIpc) is 2.39. The highest BCUT2D eigenvalue weighted by Gasteiger charge is 2.31. The fraction of sp³-hybridized carbons (Fsp3) is 0.533. The lowest BCUT2D eigenvalue weighted by atomic mass is 9.91. The quantitative estimate of drug-likeness (QED) is 0.803. The van der Waals surface area contributed by atoms with Crippen LogP contribution in [0.2, 0.25) is 0 Å². The van der Waals surface area contributed by atoms with Gasteiger partial charge in [-0.15, -0.1) is 0 Å². The van der Waals surface area contributed by atoms with Crippen molar-refractivity contribution in [2.45, 2.75) is 37.9 Å². The van der Waals surface area contributed by atoms with Crippen LogP contribution in [0.1, 0.15) is 43.0 Å². The van der Waals surface area contributed by atoms with Gasteiger partial charge in [-0.1, -0.05) is 19.8 Å². The first-order valence-corrected chi connectivity index (χ1v) is 8.60. The lowest BCUT2D eigenvalue weighted by molar-refractivity contribution is 0.102. The molecule has 0 N–H and O–H groups in total. The smallest absolute Gasteiger partial charge is 0.177 e. The van der Waals surface area contributed by atoms with E-state index in [2.05, 4.69) is 0 Å². The first-order chi connectivity index (χ1) is 9.38. The second kappa shape index (κ2) is 6.04. The highest BCUT2D eigenvalue weighted by molar-refractivity contribution is 7.92. The summed E-state index contributed by atoms with van der Waals surface area (Å²) in [5, 5.41) is -0.407. The third-order valence-corrected chi connectivity index (χ3v) is 6.00. The fourth-order valence-electron chi connectivity index (χ4n) is 2.72. The van der Waals surface area contributed by atoms with Gasteiger partial charge in [-0.2, -0.15) is 0 Å². The zero-order valence-electron chi connectivity index (χ0n) is 11.5. The van der Waals surface area contributed by atoms with Crippen molar-refractivity contribution >= 4 is 15.6 Å². The normalized spacial score (nSPS) is 23.5. The van der Waals surface area contributed by atoms with Gasteiger partial charge in [0, 0.05) is 5.56 Å². The summed E-state index contributed by atoms with van der Waals surface area (Å²) in [6, 6.07) is 5.00. The van der Waals surface area contributed by atoms with Crippen molar-refractivity contribution < 1.29 is 17.6 Å². The van der Waals surface area contributed by atoms with Gasteiger partial charge in [0.15, 0.2) is 15.6 Å². The Morgan fingerprint density at radius 1 is 1.25 bits per heavy atom. The third-order valence-electron chi connectivity index (χ3n) is 3.89. The average molecular weight is 298 g/mol. The molecule has 20 heavy (non-hydrogen) atoms. The van der Waals surface area contributed by atoms with Crippen molar-refractivity contribution in [1.82, 2.24) is 0 Å². The number of carbonyl (C=O) groups excluding carboxylic acids is 1. The SMILES string of the molecule is CC1CCCC(S(=O)(=O)CC(=O)c2ccc(F)cc2)C1. The number of hydrogen-bond donors (Lipinski definition) is 0. The summed E-state index contributed by atoms with van der Waals surface area (Å²) in [4.78, 5) is 12.0. The van der Waals surface area contributed by atoms with Crippen molar-refractivity contribution in [2.24, 2.45) is 5.92 Å². The summed E-state index contributed by atoms with van der Waals surface area (Å²) in [6.45, 7) is 2.05. The van der Waals surface area contributed by atoms with Gasteiger partial charge in [-0.05, 0) is 43.0 Å². The summed E-state index contributed by atoms with van der Waals surface area (Å²) in [7, 11) is -3.42. The monoisotopic (exact) mass is 298 g/mol. The van der Waals surface area contributed by atoms with Crippen molar-refractivity contribution in [3.63, 3.8) is 0 Å². The van der Waals surface area contributed by atoms with Crippen LogP contribution < -0.4 is 0 Å². The van der Waals surface area contributed by atoms with E-state index in [0.717, 1.165) is 12.8 Å². The molecule has 5 heteroatoms. The second-order valence-corrected chi connectivity index (χ2v) is 7.91. The molecule has 3 nitrogen and oxygen atoms in total. The molecule has 1 aromatic carbocycles. The first kappa shape index (κ1) is 15.2. The summed E-state index contributed by atoms with van der Waals surface area (Å²) in [6.07, 6.45) is 3.23. The van der Waals surface area contributed by atoms with Crippen LogP contribution >= 0.6 is 0 Å². The first-order valence-electron chi connectivity index (χ1n) is 6.89. The molecule has 0 saturated heterocycles. The molecule has 0 aromatic heterocycles. The molecule has 0 spiro atoms. The maximum Gasteiger partial charge on any atom is 0.177 e. The predicted octanol–water partition coefficient (Wildman–Crippen LogP) is 3.00. The van der Waals surface area contributed by atoms with E-state index in [4.69, 9.17) is 0 Å². The molecule has 0 aliphatic heterocycles. The Morgan fingerprint density at radius 2 is 1.90 bits per heavy atom. The summed E-state index contributed by atoms with van der Waals surface area (Å²) in [5.41, 5.74) is 0.249. The largest absolute Gasteiger partial charge is 0.293 e. The molecule has 0 heterocycles. The maximum atomic E-state index is 12.8. The van der Waals surface area contributed by atoms with Crippen molar-refractivity contribution in [3.05, 3.63) is 35.6 Å². The molecule has 0 amide bonds. The molecule has 1 aliphatic carbocycles. The zero-order valence-corrected chi connectivity index (χ0v) is 12.3. The van der Waals surface area contributed by atoms with Crippen LogP contribution in [0, 0.1) is 11.7 Å². The molecule has 1 aliphatic rings. The maximum absolute atomic E-state index is 12.8. The molecular formula is C15H19FO3S. The van der Waals surface area contributed by atoms with Gasteiger partial charge in [-0.25, -0.2) is 12.8 Å². The summed E-state index contributed by atoms with van der Waals surface area (Å²) in [5.74, 6) is -0.978. The molecule has 2 rings (SSSR count). The Bertz CT molecular complexity index is 578. The molecule has 2 atom stereocenters. The Hall–Kier alpha value is -1.23. The molecule has 1 aromatic rings. The molecule has 1 fully saturated rings. The van der Waals surface area contributed by atoms with E-state index in [1.54, 1.807) is 0 Å². The van der Waals surface area contributed by atoms with Crippen molar-refractivity contribution in [3.8, 4) is 0 Å². The van der Waals surface area contributed by atoms with E-state index in [-0.39, 0.29) is 5.56 Å². The van der Waals surface area contributed by atoms with Gasteiger partial charge in [0.2, 0.25) is 0 Å². The number of ketones is 1. The third kappa shape index (κ3) is 3.66. The molecule has 2 unspecified atom stereocenters. The van der Waals surface area contributed by atoms with Crippen LogP contribution in [0.5, 0.6) is 0 Å². The lowest BCUT2D eigenvalue weighted by Crippen LogP contribution is -2.32. The fourth-order valence-corrected chi connectivity index (χ4v) is 4.64. The second-order valence-electron chi connectivity index (χ2n) is 5.63. The van der Waals surface area contributed by atoms with Gasteiger partial charge in [0.1, 0.15) is 11.6 Å². The highest BCUT2D eigenvalue weighted by Crippen LogP contribution is 2.29. The Balaban J connectivity index is 2.07. The minimum atomic E-state index is -3.42. The van der Waals surface area contributed by atoms with Gasteiger partial charge in [-0.3, -0.25) is 4.79 Å². The predicted molar refractivity (Wildman–Crippen MR) is 75.9 cm³/mol.